The fourth-order valence-corrected chi connectivity index (χ4v) is 0.753. The smallest absolute Gasteiger partial charge is 0.360 e. The Hall–Kier alpha value is -2.05. The molecule has 0 saturated carbocycles. The van der Waals surface area contributed by atoms with Crippen LogP contribution in [0.5, 0.6) is 0 Å². The molecule has 7 nitrogen and oxygen atoms in total. The van der Waals surface area contributed by atoms with Gasteiger partial charge in [-0.25, -0.2) is 4.79 Å². The molecule has 0 amide bonds. The van der Waals surface area contributed by atoms with Crippen molar-refractivity contribution >= 4 is 17.5 Å². The molecule has 0 aliphatic carbocycles. The Morgan fingerprint density at radius 3 is 2.92 bits per heavy atom. The third-order valence-corrected chi connectivity index (χ3v) is 1.24. The van der Waals surface area contributed by atoms with Gasteiger partial charge < -0.3 is 15.7 Å². The van der Waals surface area contributed by atoms with Gasteiger partial charge in [0.2, 0.25) is 5.71 Å². The van der Waals surface area contributed by atoms with E-state index < -0.39 is 5.97 Å². The van der Waals surface area contributed by atoms with E-state index in [1.807, 2.05) is 0 Å². The standard InChI is InChI=1S/C6H8N4O3/c1-13-10-5(6(11)12)3-2-4(7)9-8-3/h2H,1H3,(H,11,12)(H3,7,8,9)/b10-5-. The Bertz CT molecular complexity index is 343. The summed E-state index contributed by atoms with van der Waals surface area (Å²) in [5.74, 6) is -1.02. The molecule has 0 fully saturated rings. The molecule has 0 unspecified atom stereocenters. The van der Waals surface area contributed by atoms with E-state index in [4.69, 9.17) is 10.8 Å². The summed E-state index contributed by atoms with van der Waals surface area (Å²) < 4.78 is 0. The van der Waals surface area contributed by atoms with Crippen molar-refractivity contribution in [1.29, 1.82) is 0 Å². The highest BCUT2D eigenvalue weighted by molar-refractivity contribution is 6.41. The summed E-state index contributed by atoms with van der Waals surface area (Å²) >= 11 is 0. The Kier molecular flexibility index (Phi) is 2.48. The van der Waals surface area contributed by atoms with Crippen molar-refractivity contribution in [1.82, 2.24) is 10.2 Å². The monoisotopic (exact) mass is 184 g/mol. The summed E-state index contributed by atoms with van der Waals surface area (Å²) in [5, 5.41) is 17.9. The number of oxime groups is 1. The van der Waals surface area contributed by atoms with Crippen LogP contribution in [0.4, 0.5) is 5.82 Å². The summed E-state index contributed by atoms with van der Waals surface area (Å²) in [6, 6.07) is 1.35. The topological polar surface area (TPSA) is 114 Å². The molecule has 1 aromatic heterocycles. The predicted octanol–water partition coefficient (Wildman–Crippen LogP) is -0.573. The third kappa shape index (κ3) is 1.95. The van der Waals surface area contributed by atoms with Gasteiger partial charge >= 0.3 is 5.97 Å². The number of hydrogen-bond donors (Lipinski definition) is 3. The third-order valence-electron chi connectivity index (χ3n) is 1.24. The van der Waals surface area contributed by atoms with E-state index >= 15 is 0 Å². The first kappa shape index (κ1) is 9.04. The van der Waals surface area contributed by atoms with Crippen molar-refractivity contribution in [3.05, 3.63) is 11.8 Å². The van der Waals surface area contributed by atoms with Gasteiger partial charge in [0.15, 0.2) is 0 Å². The van der Waals surface area contributed by atoms with Gasteiger partial charge in [0.25, 0.3) is 0 Å². The fraction of sp³-hybridized carbons (Fsp3) is 0.167. The second-order valence-electron chi connectivity index (χ2n) is 2.13. The number of anilines is 1. The highest BCUT2D eigenvalue weighted by Gasteiger charge is 2.15. The fourth-order valence-electron chi connectivity index (χ4n) is 0.753. The maximum atomic E-state index is 10.6. The van der Waals surface area contributed by atoms with Crippen molar-refractivity contribution in [2.45, 2.75) is 0 Å². The molecule has 1 aromatic rings. The summed E-state index contributed by atoms with van der Waals surface area (Å²) in [6.45, 7) is 0. The zero-order valence-corrected chi connectivity index (χ0v) is 6.81. The maximum Gasteiger partial charge on any atom is 0.360 e. The van der Waals surface area contributed by atoms with Crippen molar-refractivity contribution < 1.29 is 14.7 Å². The number of H-pyrrole nitrogens is 1. The number of aliphatic carboxylic acids is 1. The Labute approximate surface area is 73.2 Å². The molecule has 0 radical (unpaired) electrons. The lowest BCUT2D eigenvalue weighted by molar-refractivity contribution is -0.129. The van der Waals surface area contributed by atoms with Crippen molar-refractivity contribution in [2.24, 2.45) is 5.16 Å². The van der Waals surface area contributed by atoms with Crippen molar-refractivity contribution in [3.8, 4) is 0 Å². The summed E-state index contributed by atoms with van der Waals surface area (Å²) in [6.07, 6.45) is 0. The molecule has 0 atom stereocenters. The van der Waals surface area contributed by atoms with Gasteiger partial charge in [-0.05, 0) is 0 Å². The number of nitrogens with one attached hydrogen (secondary N) is 1. The van der Waals surface area contributed by atoms with Gasteiger partial charge in [-0.1, -0.05) is 5.16 Å². The number of nitrogen functional groups attached to an aromatic ring is 1. The van der Waals surface area contributed by atoms with Gasteiger partial charge in [0, 0.05) is 6.07 Å². The Morgan fingerprint density at radius 2 is 2.54 bits per heavy atom. The predicted molar refractivity (Wildman–Crippen MR) is 44.2 cm³/mol. The molecule has 7 heteroatoms. The molecule has 0 aromatic carbocycles. The molecule has 1 rings (SSSR count). The number of rotatable bonds is 3. The Balaban J connectivity index is 3.02. The van der Waals surface area contributed by atoms with E-state index in [-0.39, 0.29) is 17.2 Å². The molecule has 4 N–H and O–H groups in total. The van der Waals surface area contributed by atoms with Gasteiger partial charge in [-0.2, -0.15) is 5.10 Å². The van der Waals surface area contributed by atoms with E-state index in [1.165, 1.54) is 13.2 Å². The van der Waals surface area contributed by atoms with Crippen LogP contribution >= 0.6 is 0 Å². The molecular formula is C6H8N4O3. The second kappa shape index (κ2) is 3.57. The zero-order valence-electron chi connectivity index (χ0n) is 6.81. The van der Waals surface area contributed by atoms with Crippen molar-refractivity contribution in [2.75, 3.05) is 12.8 Å². The quantitative estimate of drug-likeness (QED) is 0.430. The van der Waals surface area contributed by atoms with Gasteiger partial charge in [0.1, 0.15) is 12.9 Å². The molecular weight excluding hydrogens is 176 g/mol. The number of nitrogens with zero attached hydrogens (tertiary/aromatic N) is 2. The maximum absolute atomic E-state index is 10.6. The highest BCUT2D eigenvalue weighted by atomic mass is 16.6. The van der Waals surface area contributed by atoms with E-state index in [9.17, 15) is 4.79 Å². The van der Waals surface area contributed by atoms with Crippen LogP contribution in [0.25, 0.3) is 0 Å². The van der Waals surface area contributed by atoms with Crippen LogP contribution in [0.2, 0.25) is 0 Å². The number of carboxylic acid groups (broad SMARTS) is 1. The zero-order chi connectivity index (χ0) is 9.84. The van der Waals surface area contributed by atoms with Crippen LogP contribution in [0.1, 0.15) is 5.69 Å². The lowest BCUT2D eigenvalue weighted by Gasteiger charge is -1.94. The number of aromatic amines is 1. The SMILES string of the molecule is CO/N=C(\C(=O)O)c1cc(N)n[nH]1. The lowest BCUT2D eigenvalue weighted by atomic mass is 10.3. The molecule has 0 aliphatic rings. The van der Waals surface area contributed by atoms with E-state index in [0.29, 0.717) is 0 Å². The highest BCUT2D eigenvalue weighted by Crippen LogP contribution is 2.02. The van der Waals surface area contributed by atoms with E-state index in [1.54, 1.807) is 0 Å². The molecule has 0 bridgehead atoms. The first-order valence-corrected chi connectivity index (χ1v) is 3.31. The van der Waals surface area contributed by atoms with Crippen LogP contribution in [-0.2, 0) is 9.63 Å². The van der Waals surface area contributed by atoms with Crippen LogP contribution in [0, 0.1) is 0 Å². The average molecular weight is 184 g/mol. The molecule has 70 valence electrons. The largest absolute Gasteiger partial charge is 0.476 e. The number of aromatic nitrogens is 2. The van der Waals surface area contributed by atoms with Gasteiger partial charge in [0.05, 0.1) is 5.69 Å². The first-order valence-electron chi connectivity index (χ1n) is 3.31. The first-order chi connectivity index (χ1) is 6.15. The number of carbonyl (C=O) groups is 1. The Morgan fingerprint density at radius 1 is 1.85 bits per heavy atom. The minimum Gasteiger partial charge on any atom is -0.476 e. The minimum atomic E-state index is -1.22. The van der Waals surface area contributed by atoms with E-state index in [0.717, 1.165) is 0 Å². The average Bonchev–Trinajstić information content (AvgIpc) is 2.46. The number of hydrogen-bond acceptors (Lipinski definition) is 5. The van der Waals surface area contributed by atoms with E-state index in [2.05, 4.69) is 20.2 Å². The molecule has 13 heavy (non-hydrogen) atoms. The normalized spacial score (nSPS) is 11.3. The summed E-state index contributed by atoms with van der Waals surface area (Å²) in [5.41, 5.74) is 5.21. The number of nitrogens with two attached hydrogens (primary N) is 1. The van der Waals surface area contributed by atoms with Gasteiger partial charge in [-0.15, -0.1) is 0 Å². The van der Waals surface area contributed by atoms with Crippen LogP contribution in [0.15, 0.2) is 11.2 Å². The lowest BCUT2D eigenvalue weighted by Crippen LogP contribution is -2.15. The molecule has 0 spiro atoms. The second-order valence-corrected chi connectivity index (χ2v) is 2.13. The van der Waals surface area contributed by atoms with Crippen LogP contribution in [-0.4, -0.2) is 34.1 Å². The van der Waals surface area contributed by atoms with Crippen LogP contribution in [0.3, 0.4) is 0 Å². The molecule has 0 saturated heterocycles. The molecule has 1 heterocycles. The number of carboxylic acids is 1. The minimum absolute atomic E-state index is 0.194. The molecule has 0 aliphatic heterocycles. The summed E-state index contributed by atoms with van der Waals surface area (Å²) in [7, 11) is 1.25. The summed E-state index contributed by atoms with van der Waals surface area (Å²) in [4.78, 5) is 14.9. The van der Waals surface area contributed by atoms with Crippen LogP contribution < -0.4 is 5.73 Å². The van der Waals surface area contributed by atoms with Gasteiger partial charge in [-0.3, -0.25) is 5.10 Å². The van der Waals surface area contributed by atoms with Crippen molar-refractivity contribution in [3.63, 3.8) is 0 Å².